The van der Waals surface area contributed by atoms with Crippen molar-refractivity contribution in [2.45, 2.75) is 31.2 Å². The predicted molar refractivity (Wildman–Crippen MR) is 83.5 cm³/mol. The van der Waals surface area contributed by atoms with Gasteiger partial charge >= 0.3 is 6.18 Å². The number of benzene rings is 1. The van der Waals surface area contributed by atoms with Gasteiger partial charge < -0.3 is 10.1 Å². The van der Waals surface area contributed by atoms with Gasteiger partial charge in [-0.3, -0.25) is 0 Å². The lowest BCUT2D eigenvalue weighted by atomic mass is 9.79. The first-order chi connectivity index (χ1) is 11.5. The van der Waals surface area contributed by atoms with E-state index in [0.717, 1.165) is 24.5 Å². The van der Waals surface area contributed by atoms with Crippen molar-refractivity contribution >= 4 is 5.69 Å². The molecule has 2 aliphatic heterocycles. The fourth-order valence-electron chi connectivity index (χ4n) is 3.66. The second-order valence-corrected chi connectivity index (χ2v) is 6.26. The van der Waals surface area contributed by atoms with E-state index in [2.05, 4.69) is 10.3 Å². The van der Waals surface area contributed by atoms with Crippen molar-refractivity contribution in [3.63, 3.8) is 0 Å². The summed E-state index contributed by atoms with van der Waals surface area (Å²) in [4.78, 5) is 3.88. The molecule has 0 aliphatic carbocycles. The Morgan fingerprint density at radius 1 is 1.08 bits per heavy atom. The largest absolute Gasteiger partial charge is 0.433 e. The lowest BCUT2D eigenvalue weighted by Crippen LogP contribution is -2.37. The van der Waals surface area contributed by atoms with E-state index in [1.807, 2.05) is 30.3 Å². The molecule has 1 fully saturated rings. The maximum atomic E-state index is 13.0. The average Bonchev–Trinajstić information content (AvgIpc) is 2.60. The van der Waals surface area contributed by atoms with E-state index in [1.54, 1.807) is 0 Å². The average molecular weight is 334 g/mol. The number of ether oxygens (including phenoxy) is 1. The topological polar surface area (TPSA) is 34.1 Å². The third kappa shape index (κ3) is 2.65. The number of pyridine rings is 1. The molecule has 3 nitrogen and oxygen atoms in total. The van der Waals surface area contributed by atoms with Crippen LogP contribution >= 0.6 is 0 Å². The first-order valence-corrected chi connectivity index (χ1v) is 8.05. The van der Waals surface area contributed by atoms with Crippen molar-refractivity contribution in [3.05, 3.63) is 59.4 Å². The predicted octanol–water partition coefficient (Wildman–Crippen LogP) is 4.73. The molecule has 1 saturated heterocycles. The van der Waals surface area contributed by atoms with E-state index >= 15 is 0 Å². The first-order valence-electron chi connectivity index (χ1n) is 8.05. The van der Waals surface area contributed by atoms with Gasteiger partial charge in [0.05, 0.1) is 17.4 Å². The zero-order valence-corrected chi connectivity index (χ0v) is 12.9. The number of hydrogen-bond donors (Lipinski definition) is 1. The number of nitrogens with zero attached hydrogens (tertiary/aromatic N) is 1. The van der Waals surface area contributed by atoms with Gasteiger partial charge in [0.2, 0.25) is 0 Å². The molecule has 6 heteroatoms. The zero-order chi connectivity index (χ0) is 16.7. The number of hydrogen-bond acceptors (Lipinski definition) is 3. The summed E-state index contributed by atoms with van der Waals surface area (Å²) in [6.45, 7) is 0.556. The maximum absolute atomic E-state index is 13.0. The van der Waals surface area contributed by atoms with Gasteiger partial charge in [0.15, 0.2) is 0 Å². The third-order valence-electron chi connectivity index (χ3n) is 4.75. The SMILES string of the molecule is FC(F)(F)c1ccc2c(n1)[C@H]1OCCC[C@H]1[C@H](c1ccccc1)N2. The smallest absolute Gasteiger partial charge is 0.376 e. The summed E-state index contributed by atoms with van der Waals surface area (Å²) < 4.78 is 44.9. The van der Waals surface area contributed by atoms with Gasteiger partial charge in [0.1, 0.15) is 11.8 Å². The Balaban J connectivity index is 1.77. The lowest BCUT2D eigenvalue weighted by molar-refractivity contribution is -0.141. The van der Waals surface area contributed by atoms with Crippen LogP contribution in [0.1, 0.15) is 41.9 Å². The highest BCUT2D eigenvalue weighted by atomic mass is 19.4. The summed E-state index contributed by atoms with van der Waals surface area (Å²) in [6.07, 6.45) is -3.05. The molecule has 0 saturated carbocycles. The minimum atomic E-state index is -4.45. The minimum absolute atomic E-state index is 0.0162. The van der Waals surface area contributed by atoms with Gasteiger partial charge in [-0.1, -0.05) is 30.3 Å². The van der Waals surface area contributed by atoms with Gasteiger partial charge in [-0.2, -0.15) is 13.2 Å². The van der Waals surface area contributed by atoms with Crippen molar-refractivity contribution in [2.75, 3.05) is 11.9 Å². The van der Waals surface area contributed by atoms with Crippen LogP contribution in [0.15, 0.2) is 42.5 Å². The first kappa shape index (κ1) is 15.4. The summed E-state index contributed by atoms with van der Waals surface area (Å²) in [7, 11) is 0. The molecule has 0 spiro atoms. The highest BCUT2D eigenvalue weighted by Gasteiger charge is 2.42. The van der Waals surface area contributed by atoms with Gasteiger partial charge in [-0.15, -0.1) is 0 Å². The van der Waals surface area contributed by atoms with Crippen LogP contribution < -0.4 is 5.32 Å². The molecule has 0 unspecified atom stereocenters. The molecule has 126 valence electrons. The van der Waals surface area contributed by atoms with Gasteiger partial charge in [0, 0.05) is 12.5 Å². The molecule has 4 rings (SSSR count). The van der Waals surface area contributed by atoms with Crippen molar-refractivity contribution in [3.8, 4) is 0 Å². The molecule has 1 aromatic carbocycles. The molecule has 1 N–H and O–H groups in total. The van der Waals surface area contributed by atoms with Crippen LogP contribution in [0.4, 0.5) is 18.9 Å². The fraction of sp³-hybridized carbons (Fsp3) is 0.389. The van der Waals surface area contributed by atoms with Crippen molar-refractivity contribution in [1.29, 1.82) is 0 Å². The van der Waals surface area contributed by atoms with E-state index in [4.69, 9.17) is 4.74 Å². The standard InChI is InChI=1S/C18H17F3N2O/c19-18(20,21)14-9-8-13-16(23-14)17-12(7-4-10-24-17)15(22-13)11-5-2-1-3-6-11/h1-3,5-6,8-9,12,15,17,22H,4,7,10H2/t12-,15-,17-/m0/s1. The fourth-order valence-corrected chi connectivity index (χ4v) is 3.66. The number of rotatable bonds is 1. The Bertz CT molecular complexity index is 733. The Morgan fingerprint density at radius 2 is 1.88 bits per heavy atom. The molecule has 1 aromatic heterocycles. The van der Waals surface area contributed by atoms with Crippen LogP contribution in [0, 0.1) is 5.92 Å². The van der Waals surface area contributed by atoms with Gasteiger partial charge in [-0.25, -0.2) is 4.98 Å². The Morgan fingerprint density at radius 3 is 2.62 bits per heavy atom. The van der Waals surface area contributed by atoms with Gasteiger partial charge in [0.25, 0.3) is 0 Å². The Kier molecular flexibility index (Phi) is 3.72. The summed E-state index contributed by atoms with van der Waals surface area (Å²) in [6, 6.07) is 12.5. The quantitative estimate of drug-likeness (QED) is 0.818. The molecular weight excluding hydrogens is 317 g/mol. The van der Waals surface area contributed by atoms with E-state index in [0.29, 0.717) is 18.0 Å². The second-order valence-electron chi connectivity index (χ2n) is 6.26. The molecule has 0 bridgehead atoms. The number of halogens is 3. The van der Waals surface area contributed by atoms with Crippen molar-refractivity contribution in [2.24, 2.45) is 5.92 Å². The monoisotopic (exact) mass is 334 g/mol. The molecule has 0 radical (unpaired) electrons. The van der Waals surface area contributed by atoms with E-state index in [9.17, 15) is 13.2 Å². The number of aromatic nitrogens is 1. The molecule has 2 aromatic rings. The summed E-state index contributed by atoms with van der Waals surface area (Å²) in [5.41, 5.74) is 1.25. The Labute approximate surface area is 137 Å². The number of alkyl halides is 3. The molecule has 0 amide bonds. The maximum Gasteiger partial charge on any atom is 0.433 e. The van der Waals surface area contributed by atoms with Crippen LogP contribution in [-0.2, 0) is 10.9 Å². The Hall–Kier alpha value is -2.08. The summed E-state index contributed by atoms with van der Waals surface area (Å²) >= 11 is 0. The second kappa shape index (κ2) is 5.77. The van der Waals surface area contributed by atoms with Crippen LogP contribution in [0.25, 0.3) is 0 Å². The van der Waals surface area contributed by atoms with Crippen LogP contribution in [-0.4, -0.2) is 11.6 Å². The van der Waals surface area contributed by atoms with E-state index in [-0.39, 0.29) is 12.0 Å². The van der Waals surface area contributed by atoms with E-state index < -0.39 is 18.0 Å². The molecular formula is C18H17F3N2O. The highest BCUT2D eigenvalue weighted by molar-refractivity contribution is 5.55. The summed E-state index contributed by atoms with van der Waals surface area (Å²) in [5.74, 6) is 0.0737. The molecule has 2 aliphatic rings. The molecule has 3 heterocycles. The molecule has 3 atom stereocenters. The highest BCUT2D eigenvalue weighted by Crippen LogP contribution is 2.48. The van der Waals surface area contributed by atoms with Crippen molar-refractivity contribution in [1.82, 2.24) is 4.98 Å². The minimum Gasteiger partial charge on any atom is -0.376 e. The zero-order valence-electron chi connectivity index (χ0n) is 12.9. The van der Waals surface area contributed by atoms with Crippen LogP contribution in [0.5, 0.6) is 0 Å². The number of anilines is 1. The van der Waals surface area contributed by atoms with Gasteiger partial charge in [-0.05, 0) is 30.5 Å². The van der Waals surface area contributed by atoms with Crippen molar-refractivity contribution < 1.29 is 17.9 Å². The number of fused-ring (bicyclic) bond motifs is 3. The summed E-state index contributed by atoms with van der Waals surface area (Å²) in [5, 5.41) is 3.38. The van der Waals surface area contributed by atoms with Crippen LogP contribution in [0.2, 0.25) is 0 Å². The van der Waals surface area contributed by atoms with Crippen LogP contribution in [0.3, 0.4) is 0 Å². The van der Waals surface area contributed by atoms with E-state index in [1.165, 1.54) is 6.07 Å². The third-order valence-corrected chi connectivity index (χ3v) is 4.75. The molecule has 24 heavy (non-hydrogen) atoms. The lowest BCUT2D eigenvalue weighted by Gasteiger charge is -2.42. The number of nitrogens with one attached hydrogen (secondary N) is 1. The normalized spacial score (nSPS) is 26.2.